The molecule has 0 saturated carbocycles. The molecule has 4 atom stereocenters. The summed E-state index contributed by atoms with van der Waals surface area (Å²) >= 11 is 0. The van der Waals surface area contributed by atoms with E-state index in [9.17, 15) is 4.79 Å². The van der Waals surface area contributed by atoms with Crippen molar-refractivity contribution in [1.29, 1.82) is 0 Å². The third kappa shape index (κ3) is 2.81. The van der Waals surface area contributed by atoms with E-state index in [0.717, 1.165) is 0 Å². The van der Waals surface area contributed by atoms with Gasteiger partial charge in [0.25, 0.3) is 0 Å². The van der Waals surface area contributed by atoms with Gasteiger partial charge < -0.3 is 9.64 Å². The fourth-order valence-electron chi connectivity index (χ4n) is 1.83. The van der Waals surface area contributed by atoms with Gasteiger partial charge in [-0.2, -0.15) is 0 Å². The number of ether oxygens (including phenoxy) is 1. The van der Waals surface area contributed by atoms with Crippen LogP contribution in [-0.4, -0.2) is 37.0 Å². The molecule has 86 valence electrons. The number of rotatable bonds is 3. The minimum atomic E-state index is -0.258. The SMILES string of the molecule is C[C@@H]1[C@H](C)[C@@H](C(=O)C=CN(C)C)O[C@H]1C. The Bertz CT molecular complexity index is 260. The molecule has 1 aliphatic heterocycles. The van der Waals surface area contributed by atoms with Crippen molar-refractivity contribution >= 4 is 5.78 Å². The Morgan fingerprint density at radius 2 is 1.80 bits per heavy atom. The molecule has 0 spiro atoms. The summed E-state index contributed by atoms with van der Waals surface area (Å²) in [7, 11) is 3.79. The van der Waals surface area contributed by atoms with E-state index in [-0.39, 0.29) is 18.0 Å². The van der Waals surface area contributed by atoms with Crippen LogP contribution in [0, 0.1) is 11.8 Å². The van der Waals surface area contributed by atoms with Gasteiger partial charge in [0.2, 0.25) is 0 Å². The van der Waals surface area contributed by atoms with Crippen molar-refractivity contribution in [2.45, 2.75) is 33.0 Å². The van der Waals surface area contributed by atoms with Gasteiger partial charge in [0, 0.05) is 20.3 Å². The van der Waals surface area contributed by atoms with E-state index >= 15 is 0 Å². The van der Waals surface area contributed by atoms with E-state index in [1.54, 1.807) is 12.3 Å². The van der Waals surface area contributed by atoms with E-state index in [0.29, 0.717) is 11.8 Å². The predicted molar refractivity (Wildman–Crippen MR) is 60.5 cm³/mol. The van der Waals surface area contributed by atoms with Crippen LogP contribution in [0.4, 0.5) is 0 Å². The van der Waals surface area contributed by atoms with Crippen molar-refractivity contribution < 1.29 is 9.53 Å². The van der Waals surface area contributed by atoms with E-state index in [4.69, 9.17) is 4.74 Å². The molecule has 0 aromatic heterocycles. The number of nitrogens with zero attached hydrogens (tertiary/aromatic N) is 1. The highest BCUT2D eigenvalue weighted by Gasteiger charge is 2.39. The highest BCUT2D eigenvalue weighted by molar-refractivity contribution is 5.93. The van der Waals surface area contributed by atoms with Crippen LogP contribution in [0.2, 0.25) is 0 Å². The second-order valence-corrected chi connectivity index (χ2v) is 4.66. The largest absolute Gasteiger partial charge is 0.383 e. The molecule has 1 aliphatic rings. The Kier molecular flexibility index (Phi) is 3.91. The third-order valence-corrected chi connectivity index (χ3v) is 3.23. The van der Waals surface area contributed by atoms with Gasteiger partial charge in [-0.05, 0) is 24.8 Å². The molecule has 1 heterocycles. The van der Waals surface area contributed by atoms with Crippen LogP contribution in [0.3, 0.4) is 0 Å². The summed E-state index contributed by atoms with van der Waals surface area (Å²) in [5.41, 5.74) is 0. The van der Waals surface area contributed by atoms with Crippen molar-refractivity contribution in [3.8, 4) is 0 Å². The van der Waals surface area contributed by atoms with Crippen LogP contribution in [0.1, 0.15) is 20.8 Å². The van der Waals surface area contributed by atoms with E-state index in [1.165, 1.54) is 0 Å². The summed E-state index contributed by atoms with van der Waals surface area (Å²) < 4.78 is 5.66. The van der Waals surface area contributed by atoms with Crippen LogP contribution in [0.5, 0.6) is 0 Å². The highest BCUT2D eigenvalue weighted by Crippen LogP contribution is 2.32. The predicted octanol–water partition coefficient (Wildman–Crippen LogP) is 1.69. The van der Waals surface area contributed by atoms with Gasteiger partial charge in [-0.1, -0.05) is 13.8 Å². The van der Waals surface area contributed by atoms with Gasteiger partial charge in [0.05, 0.1) is 6.10 Å². The molecule has 3 nitrogen and oxygen atoms in total. The molecule has 0 aliphatic carbocycles. The second-order valence-electron chi connectivity index (χ2n) is 4.66. The lowest BCUT2D eigenvalue weighted by molar-refractivity contribution is -0.126. The van der Waals surface area contributed by atoms with Crippen LogP contribution in [-0.2, 0) is 9.53 Å². The maximum absolute atomic E-state index is 11.8. The lowest BCUT2D eigenvalue weighted by Gasteiger charge is -2.13. The summed E-state index contributed by atoms with van der Waals surface area (Å²) in [5, 5.41) is 0. The molecule has 1 rings (SSSR count). The van der Waals surface area contributed by atoms with Gasteiger partial charge in [-0.3, -0.25) is 4.79 Å². The first-order valence-corrected chi connectivity index (χ1v) is 5.47. The van der Waals surface area contributed by atoms with Crippen LogP contribution < -0.4 is 0 Å². The summed E-state index contributed by atoms with van der Waals surface area (Å²) in [6.45, 7) is 6.25. The summed E-state index contributed by atoms with van der Waals surface area (Å²) in [6.07, 6.45) is 3.30. The Morgan fingerprint density at radius 3 is 2.20 bits per heavy atom. The standard InChI is InChI=1S/C12H21NO2/c1-8-9(2)12(15-10(8)3)11(14)6-7-13(4)5/h6-10,12H,1-5H3/t8-,9+,10+,12+/m1/s1. The molecule has 0 bridgehead atoms. The minimum absolute atomic E-state index is 0.0763. The molecule has 0 unspecified atom stereocenters. The molecule has 0 radical (unpaired) electrons. The van der Waals surface area contributed by atoms with Crippen molar-refractivity contribution in [1.82, 2.24) is 4.90 Å². The zero-order valence-corrected chi connectivity index (χ0v) is 10.2. The van der Waals surface area contributed by atoms with Gasteiger partial charge in [0.1, 0.15) is 6.10 Å². The second kappa shape index (κ2) is 4.79. The monoisotopic (exact) mass is 211 g/mol. The zero-order chi connectivity index (χ0) is 11.6. The van der Waals surface area contributed by atoms with Gasteiger partial charge in [-0.25, -0.2) is 0 Å². The number of hydrogen-bond donors (Lipinski definition) is 0. The highest BCUT2D eigenvalue weighted by atomic mass is 16.5. The zero-order valence-electron chi connectivity index (χ0n) is 10.2. The summed E-state index contributed by atoms with van der Waals surface area (Å²) in [5.74, 6) is 0.832. The number of carbonyl (C=O) groups excluding carboxylic acids is 1. The first-order chi connectivity index (χ1) is 6.93. The molecule has 3 heteroatoms. The first kappa shape index (κ1) is 12.2. The molecule has 0 aromatic carbocycles. The Morgan fingerprint density at radius 1 is 1.20 bits per heavy atom. The van der Waals surface area contributed by atoms with E-state index < -0.39 is 0 Å². The van der Waals surface area contributed by atoms with E-state index in [1.807, 2.05) is 25.9 Å². The van der Waals surface area contributed by atoms with Crippen molar-refractivity contribution in [3.05, 3.63) is 12.3 Å². The van der Waals surface area contributed by atoms with Crippen LogP contribution >= 0.6 is 0 Å². The van der Waals surface area contributed by atoms with Gasteiger partial charge in [0.15, 0.2) is 5.78 Å². The maximum Gasteiger partial charge on any atom is 0.186 e. The number of ketones is 1. The first-order valence-electron chi connectivity index (χ1n) is 5.47. The number of carbonyl (C=O) groups is 1. The lowest BCUT2D eigenvalue weighted by Crippen LogP contribution is -2.25. The molecular formula is C12H21NO2. The van der Waals surface area contributed by atoms with Crippen molar-refractivity contribution in [2.24, 2.45) is 11.8 Å². The van der Waals surface area contributed by atoms with Crippen LogP contribution in [0.15, 0.2) is 12.3 Å². The number of hydrogen-bond acceptors (Lipinski definition) is 3. The fourth-order valence-corrected chi connectivity index (χ4v) is 1.83. The molecule has 0 N–H and O–H groups in total. The van der Waals surface area contributed by atoms with Crippen molar-refractivity contribution in [3.63, 3.8) is 0 Å². The third-order valence-electron chi connectivity index (χ3n) is 3.23. The summed E-state index contributed by atoms with van der Waals surface area (Å²) in [6, 6.07) is 0. The minimum Gasteiger partial charge on any atom is -0.383 e. The Hall–Kier alpha value is -0.830. The quantitative estimate of drug-likeness (QED) is 0.665. The lowest BCUT2D eigenvalue weighted by atomic mass is 9.89. The smallest absolute Gasteiger partial charge is 0.186 e. The van der Waals surface area contributed by atoms with Gasteiger partial charge >= 0.3 is 0 Å². The molecular weight excluding hydrogens is 190 g/mol. The normalized spacial score (nSPS) is 36.1. The molecule has 0 aromatic rings. The Labute approximate surface area is 92.1 Å². The average Bonchev–Trinajstić information content (AvgIpc) is 2.42. The van der Waals surface area contributed by atoms with Crippen molar-refractivity contribution in [2.75, 3.05) is 14.1 Å². The molecule has 15 heavy (non-hydrogen) atoms. The molecule has 1 fully saturated rings. The maximum atomic E-state index is 11.8. The van der Waals surface area contributed by atoms with Gasteiger partial charge in [-0.15, -0.1) is 0 Å². The average molecular weight is 211 g/mol. The fraction of sp³-hybridized carbons (Fsp3) is 0.750. The molecule has 1 saturated heterocycles. The van der Waals surface area contributed by atoms with Crippen LogP contribution in [0.25, 0.3) is 0 Å². The topological polar surface area (TPSA) is 29.5 Å². The Balaban J connectivity index is 2.62. The summed E-state index contributed by atoms with van der Waals surface area (Å²) in [4.78, 5) is 13.7. The van der Waals surface area contributed by atoms with E-state index in [2.05, 4.69) is 13.8 Å². The molecule has 0 amide bonds.